The molecule has 0 fully saturated rings. The van der Waals surface area contributed by atoms with Crippen LogP contribution in [0.4, 0.5) is 0 Å². The Kier molecular flexibility index (Phi) is 5.28. The zero-order chi connectivity index (χ0) is 19.5. The van der Waals surface area contributed by atoms with E-state index in [0.717, 1.165) is 25.0 Å². The summed E-state index contributed by atoms with van der Waals surface area (Å²) in [5.41, 5.74) is 5.43. The van der Waals surface area contributed by atoms with Gasteiger partial charge in [-0.15, -0.1) is 0 Å². The summed E-state index contributed by atoms with van der Waals surface area (Å²) in [5, 5.41) is 4.34. The fourth-order valence-electron chi connectivity index (χ4n) is 4.52. The van der Waals surface area contributed by atoms with E-state index >= 15 is 0 Å². The summed E-state index contributed by atoms with van der Waals surface area (Å²) in [6.45, 7) is 0. The minimum atomic E-state index is -0.653. The number of pyridine rings is 1. The molecule has 0 saturated heterocycles. The molecule has 1 aliphatic heterocycles. The Balaban J connectivity index is 1.86. The van der Waals surface area contributed by atoms with Crippen LogP contribution in [-0.4, -0.2) is 11.2 Å². The maximum Gasteiger partial charge on any atom is 0.0747 e. The van der Waals surface area contributed by atoms with Crippen LogP contribution in [0, 0.1) is 0 Å². The quantitative estimate of drug-likeness (QED) is 0.424. The Bertz CT molecular complexity index is 1090. The molecule has 0 saturated carbocycles. The smallest absolute Gasteiger partial charge is 0.0747 e. The van der Waals surface area contributed by atoms with Gasteiger partial charge in [0.25, 0.3) is 0 Å². The van der Waals surface area contributed by atoms with Gasteiger partial charge >= 0.3 is 0 Å². The van der Waals surface area contributed by atoms with Gasteiger partial charge in [0.05, 0.1) is 11.4 Å². The van der Waals surface area contributed by atoms with Gasteiger partial charge in [-0.25, -0.2) is 0 Å². The molecule has 0 spiro atoms. The molecule has 2 aliphatic rings. The number of rotatable bonds is 3. The van der Waals surface area contributed by atoms with Crippen molar-refractivity contribution in [3.05, 3.63) is 89.4 Å². The van der Waals surface area contributed by atoms with Crippen LogP contribution in [-0.2, 0) is 12.8 Å². The molecule has 0 amide bonds. The van der Waals surface area contributed by atoms with Crippen LogP contribution < -0.4 is 0 Å². The first-order chi connectivity index (χ1) is 14.4. The number of hydrogen-bond donors (Lipinski definition) is 0. The summed E-state index contributed by atoms with van der Waals surface area (Å²) in [7, 11) is -0.653. The lowest BCUT2D eigenvalue weighted by molar-refractivity contribution is 0.711. The van der Waals surface area contributed by atoms with E-state index in [1.165, 1.54) is 40.9 Å². The van der Waals surface area contributed by atoms with Crippen LogP contribution in [0.25, 0.3) is 22.0 Å². The van der Waals surface area contributed by atoms with E-state index in [-0.39, 0.29) is 0 Å². The van der Waals surface area contributed by atoms with Crippen LogP contribution >= 0.6 is 7.53 Å². The first-order valence-corrected chi connectivity index (χ1v) is 11.9. The second-order valence-electron chi connectivity index (χ2n) is 7.63. The van der Waals surface area contributed by atoms with E-state index in [2.05, 4.69) is 60.7 Å². The number of benzene rings is 1. The highest BCUT2D eigenvalue weighted by Crippen LogP contribution is 2.60. The molecule has 1 atom stereocenters. The molecule has 29 heavy (non-hydrogen) atoms. The van der Waals surface area contributed by atoms with Crippen LogP contribution in [0.2, 0.25) is 0 Å². The Hall–Kier alpha value is -2.70. The van der Waals surface area contributed by atoms with Crippen molar-refractivity contribution in [3.63, 3.8) is 0 Å². The zero-order valence-electron chi connectivity index (χ0n) is 16.6. The third kappa shape index (κ3) is 3.54. The largest absolute Gasteiger partial charge is 0.256 e. The van der Waals surface area contributed by atoms with Crippen molar-refractivity contribution in [2.24, 2.45) is 4.99 Å². The van der Waals surface area contributed by atoms with E-state index < -0.39 is 7.53 Å². The van der Waals surface area contributed by atoms with Crippen molar-refractivity contribution in [1.82, 2.24) is 4.98 Å². The third-order valence-electron chi connectivity index (χ3n) is 5.78. The van der Waals surface area contributed by atoms with Gasteiger partial charge in [-0.3, -0.25) is 9.98 Å². The van der Waals surface area contributed by atoms with Gasteiger partial charge in [0.2, 0.25) is 0 Å². The summed E-state index contributed by atoms with van der Waals surface area (Å²) in [6, 6.07) is 17.4. The molecule has 0 bridgehead atoms. The summed E-state index contributed by atoms with van der Waals surface area (Å²) in [5.74, 6) is 0. The SMILES string of the molecule is C1=CCC=C(c2c3c(c(-c4ccccn4)p2-c2ccccc2)CCCCC3)N=C1. The van der Waals surface area contributed by atoms with Gasteiger partial charge in [0.1, 0.15) is 0 Å². The number of hydrogen-bond acceptors (Lipinski definition) is 2. The molecule has 1 unspecified atom stereocenters. The van der Waals surface area contributed by atoms with Crippen LogP contribution in [0.3, 0.4) is 0 Å². The third-order valence-corrected chi connectivity index (χ3v) is 8.49. The highest BCUT2D eigenvalue weighted by Gasteiger charge is 2.28. The number of aliphatic imine (C=N–C) groups is 1. The molecular weight excluding hydrogens is 371 g/mol. The van der Waals surface area contributed by atoms with Crippen LogP contribution in [0.5, 0.6) is 0 Å². The summed E-state index contributed by atoms with van der Waals surface area (Å²) >= 11 is 0. The molecule has 3 heteroatoms. The second kappa shape index (κ2) is 8.35. The molecule has 2 aromatic heterocycles. The van der Waals surface area contributed by atoms with Gasteiger partial charge < -0.3 is 0 Å². The Morgan fingerprint density at radius 3 is 2.38 bits per heavy atom. The van der Waals surface area contributed by atoms with Crippen LogP contribution in [0.15, 0.2) is 77.9 Å². The molecule has 2 nitrogen and oxygen atoms in total. The lowest BCUT2D eigenvalue weighted by Crippen LogP contribution is -1.92. The standard InChI is InChI=1S/C26H25N2P/c1-4-12-20(13-5-1)29-25(23-16-8-3-10-18-27-23)21-14-6-2-7-15-22(21)26(29)24-17-9-11-19-28-24/h1,3-5,9-13,16-19H,2,6-8,14-15H2. The lowest BCUT2D eigenvalue weighted by Gasteiger charge is -2.12. The molecular formula is C26H25N2P. The Morgan fingerprint density at radius 1 is 0.793 bits per heavy atom. The maximum absolute atomic E-state index is 4.89. The van der Waals surface area contributed by atoms with E-state index in [1.54, 1.807) is 11.1 Å². The topological polar surface area (TPSA) is 25.2 Å². The highest BCUT2D eigenvalue weighted by atomic mass is 31.1. The first-order valence-electron chi connectivity index (χ1n) is 10.6. The molecule has 144 valence electrons. The van der Waals surface area contributed by atoms with Crippen molar-refractivity contribution in [2.75, 3.05) is 0 Å². The molecule has 0 radical (unpaired) electrons. The molecule has 3 heterocycles. The van der Waals surface area contributed by atoms with E-state index in [0.29, 0.717) is 0 Å². The summed E-state index contributed by atoms with van der Waals surface area (Å²) in [4.78, 5) is 9.71. The average molecular weight is 396 g/mol. The predicted molar refractivity (Wildman–Crippen MR) is 125 cm³/mol. The van der Waals surface area contributed by atoms with E-state index in [4.69, 9.17) is 9.98 Å². The van der Waals surface area contributed by atoms with Gasteiger partial charge in [0.15, 0.2) is 0 Å². The Labute approximate surface area is 173 Å². The summed E-state index contributed by atoms with van der Waals surface area (Å²) in [6.07, 6.45) is 17.6. The zero-order valence-corrected chi connectivity index (χ0v) is 17.5. The number of allylic oxidation sites excluding steroid dienone is 3. The van der Waals surface area contributed by atoms with Gasteiger partial charge in [-0.2, -0.15) is 0 Å². The lowest BCUT2D eigenvalue weighted by atomic mass is 10.0. The molecule has 1 aromatic carbocycles. The molecule has 1 aliphatic carbocycles. The van der Waals surface area contributed by atoms with Crippen molar-refractivity contribution in [1.29, 1.82) is 0 Å². The molecule has 3 aromatic rings. The number of fused-ring (bicyclic) bond motifs is 1. The van der Waals surface area contributed by atoms with Crippen molar-refractivity contribution < 1.29 is 0 Å². The Morgan fingerprint density at radius 2 is 1.59 bits per heavy atom. The highest BCUT2D eigenvalue weighted by molar-refractivity contribution is 7.61. The monoisotopic (exact) mass is 396 g/mol. The van der Waals surface area contributed by atoms with E-state index in [1.807, 2.05) is 18.5 Å². The van der Waals surface area contributed by atoms with Gasteiger partial charge in [-0.05, 0) is 66.7 Å². The molecule has 0 N–H and O–H groups in total. The predicted octanol–water partition coefficient (Wildman–Crippen LogP) is 7.36. The number of nitrogens with zero attached hydrogens (tertiary/aromatic N) is 2. The minimum Gasteiger partial charge on any atom is -0.256 e. The maximum atomic E-state index is 4.89. The fourth-order valence-corrected chi connectivity index (χ4v) is 7.50. The van der Waals surface area contributed by atoms with Crippen molar-refractivity contribution in [3.8, 4) is 16.3 Å². The van der Waals surface area contributed by atoms with Crippen molar-refractivity contribution in [2.45, 2.75) is 38.5 Å². The van der Waals surface area contributed by atoms with Crippen molar-refractivity contribution >= 4 is 19.4 Å². The fraction of sp³-hybridized carbons (Fsp3) is 0.231. The normalized spacial score (nSPS) is 16.7. The second-order valence-corrected chi connectivity index (χ2v) is 9.71. The first kappa shape index (κ1) is 18.3. The number of aromatic nitrogens is 1. The minimum absolute atomic E-state index is 0.653. The average Bonchev–Trinajstić information content (AvgIpc) is 3.01. The molecule has 5 rings (SSSR count). The van der Waals surface area contributed by atoms with Gasteiger partial charge in [-0.1, -0.05) is 62.5 Å². The van der Waals surface area contributed by atoms with Crippen LogP contribution in [0.1, 0.15) is 42.1 Å². The summed E-state index contributed by atoms with van der Waals surface area (Å²) < 4.78 is 0. The van der Waals surface area contributed by atoms with E-state index in [9.17, 15) is 0 Å². The van der Waals surface area contributed by atoms with Gasteiger partial charge in [0, 0.05) is 23.0 Å².